The molecule has 1 heterocycles. The zero-order valence-corrected chi connectivity index (χ0v) is 14.1. The maximum Gasteiger partial charge on any atom is 0.416 e. The molecule has 8 heteroatoms. The number of esters is 1. The highest BCUT2D eigenvalue weighted by Gasteiger charge is 2.33. The van der Waals surface area contributed by atoms with Crippen LogP contribution >= 0.6 is 11.6 Å². The van der Waals surface area contributed by atoms with E-state index in [-0.39, 0.29) is 17.2 Å². The Morgan fingerprint density at radius 3 is 2.62 bits per heavy atom. The summed E-state index contributed by atoms with van der Waals surface area (Å²) < 4.78 is 49.5. The van der Waals surface area contributed by atoms with Crippen molar-refractivity contribution < 1.29 is 27.4 Å². The number of carbonyl (C=O) groups excluding carboxylic acids is 1. The Hall–Kier alpha value is -2.80. The molecule has 0 aliphatic carbocycles. The summed E-state index contributed by atoms with van der Waals surface area (Å²) in [4.78, 5) is 16.1. The molecule has 2 aromatic carbocycles. The quantitative estimate of drug-likeness (QED) is 0.571. The number of aliphatic imine (C=N–C) groups is 1. The first kappa shape index (κ1) is 18.0. The molecule has 4 nitrogen and oxygen atoms in total. The molecule has 0 aromatic heterocycles. The lowest BCUT2D eigenvalue weighted by atomic mass is 10.1. The second kappa shape index (κ2) is 6.84. The summed E-state index contributed by atoms with van der Waals surface area (Å²) in [6, 6.07) is 9.51. The summed E-state index contributed by atoms with van der Waals surface area (Å²) in [5.74, 6) is -0.595. The van der Waals surface area contributed by atoms with E-state index in [1.807, 2.05) is 0 Å². The van der Waals surface area contributed by atoms with Gasteiger partial charge < -0.3 is 9.47 Å². The van der Waals surface area contributed by atoms with Gasteiger partial charge in [-0.3, -0.25) is 0 Å². The number of ether oxygens (including phenoxy) is 2. The van der Waals surface area contributed by atoms with Crippen molar-refractivity contribution in [3.63, 3.8) is 0 Å². The number of hydrogen-bond donors (Lipinski definition) is 0. The largest absolute Gasteiger partial charge is 0.496 e. The van der Waals surface area contributed by atoms with E-state index in [2.05, 4.69) is 4.99 Å². The molecule has 3 rings (SSSR count). The van der Waals surface area contributed by atoms with Gasteiger partial charge in [0, 0.05) is 5.02 Å². The Morgan fingerprint density at radius 1 is 1.19 bits per heavy atom. The van der Waals surface area contributed by atoms with Gasteiger partial charge in [-0.05, 0) is 35.9 Å². The van der Waals surface area contributed by atoms with E-state index in [1.54, 1.807) is 12.1 Å². The van der Waals surface area contributed by atoms with Crippen LogP contribution < -0.4 is 4.74 Å². The standard InChI is InChI=1S/C18H11ClF3NO3/c1-25-15-7-6-11(19)9-12(15)16-23-14(17(24)26-16)8-10-4-2-3-5-13(10)18(20,21)22/h2-9H,1H3. The lowest BCUT2D eigenvalue weighted by Crippen LogP contribution is -2.08. The van der Waals surface area contributed by atoms with E-state index in [9.17, 15) is 18.0 Å². The van der Waals surface area contributed by atoms with Crippen LogP contribution in [-0.4, -0.2) is 19.0 Å². The number of methoxy groups -OCH3 is 1. The van der Waals surface area contributed by atoms with Gasteiger partial charge >= 0.3 is 12.1 Å². The van der Waals surface area contributed by atoms with Crippen molar-refractivity contribution in [2.75, 3.05) is 7.11 Å². The lowest BCUT2D eigenvalue weighted by Gasteiger charge is -2.09. The molecule has 0 saturated carbocycles. The Kier molecular flexibility index (Phi) is 4.73. The molecule has 2 aromatic rings. The molecular formula is C18H11ClF3NO3. The highest BCUT2D eigenvalue weighted by molar-refractivity contribution is 6.31. The van der Waals surface area contributed by atoms with Crippen LogP contribution in [-0.2, 0) is 15.7 Å². The second-order valence-corrected chi connectivity index (χ2v) is 5.70. The van der Waals surface area contributed by atoms with Crippen molar-refractivity contribution in [2.24, 2.45) is 4.99 Å². The third-order valence-corrected chi connectivity index (χ3v) is 3.81. The first-order valence-electron chi connectivity index (χ1n) is 7.32. The van der Waals surface area contributed by atoms with Crippen molar-refractivity contribution >= 4 is 29.5 Å². The zero-order valence-electron chi connectivity index (χ0n) is 13.3. The SMILES string of the molecule is COc1ccc(Cl)cc1C1=NC(=Cc2ccccc2C(F)(F)F)C(=O)O1. The zero-order chi connectivity index (χ0) is 18.9. The predicted octanol–water partition coefficient (Wildman–Crippen LogP) is 4.71. The van der Waals surface area contributed by atoms with Crippen LogP contribution in [0.4, 0.5) is 13.2 Å². The van der Waals surface area contributed by atoms with Crippen molar-refractivity contribution in [1.29, 1.82) is 0 Å². The number of halogens is 4. The third-order valence-electron chi connectivity index (χ3n) is 3.57. The Morgan fingerprint density at radius 2 is 1.92 bits per heavy atom. The number of cyclic esters (lactones) is 1. The van der Waals surface area contributed by atoms with Gasteiger partial charge in [0.05, 0.1) is 18.2 Å². The molecule has 0 amide bonds. The van der Waals surface area contributed by atoms with Gasteiger partial charge in [-0.1, -0.05) is 29.8 Å². The fourth-order valence-electron chi connectivity index (χ4n) is 2.40. The average molecular weight is 382 g/mol. The number of alkyl halides is 3. The molecule has 0 bridgehead atoms. The van der Waals surface area contributed by atoms with Gasteiger partial charge in [0.2, 0.25) is 5.90 Å². The molecule has 0 saturated heterocycles. The molecular weight excluding hydrogens is 371 g/mol. The fourth-order valence-corrected chi connectivity index (χ4v) is 2.57. The van der Waals surface area contributed by atoms with E-state index in [4.69, 9.17) is 21.1 Å². The molecule has 0 N–H and O–H groups in total. The monoisotopic (exact) mass is 381 g/mol. The van der Waals surface area contributed by atoms with Gasteiger partial charge in [0.25, 0.3) is 0 Å². The molecule has 0 fully saturated rings. The van der Waals surface area contributed by atoms with Crippen molar-refractivity contribution in [3.05, 3.63) is 69.9 Å². The number of carbonyl (C=O) groups is 1. The Bertz CT molecular complexity index is 936. The van der Waals surface area contributed by atoms with Crippen LogP contribution in [0.1, 0.15) is 16.7 Å². The molecule has 0 unspecified atom stereocenters. The van der Waals surface area contributed by atoms with Gasteiger partial charge in [0.1, 0.15) is 5.75 Å². The highest BCUT2D eigenvalue weighted by atomic mass is 35.5. The smallest absolute Gasteiger partial charge is 0.416 e. The predicted molar refractivity (Wildman–Crippen MR) is 90.1 cm³/mol. The summed E-state index contributed by atoms with van der Waals surface area (Å²) in [5, 5.41) is 0.361. The maximum atomic E-state index is 13.1. The molecule has 1 aliphatic rings. The van der Waals surface area contributed by atoms with Gasteiger partial charge in [-0.25, -0.2) is 9.79 Å². The minimum Gasteiger partial charge on any atom is -0.496 e. The number of rotatable bonds is 3. The van der Waals surface area contributed by atoms with Gasteiger partial charge in [-0.2, -0.15) is 13.2 Å². The van der Waals surface area contributed by atoms with Gasteiger partial charge in [0.15, 0.2) is 5.70 Å². The maximum absolute atomic E-state index is 13.1. The van der Waals surface area contributed by atoms with Crippen molar-refractivity contribution in [1.82, 2.24) is 0 Å². The van der Waals surface area contributed by atoms with Crippen LogP contribution in [0.3, 0.4) is 0 Å². The molecule has 0 radical (unpaired) electrons. The number of nitrogens with zero attached hydrogens (tertiary/aromatic N) is 1. The number of hydrogen-bond acceptors (Lipinski definition) is 4. The van der Waals surface area contributed by atoms with Crippen LogP contribution in [0.25, 0.3) is 6.08 Å². The summed E-state index contributed by atoms with van der Waals surface area (Å²) in [5.41, 5.74) is -0.987. The summed E-state index contributed by atoms with van der Waals surface area (Å²) in [6.07, 6.45) is -3.52. The molecule has 0 spiro atoms. The van der Waals surface area contributed by atoms with Gasteiger partial charge in [-0.15, -0.1) is 0 Å². The van der Waals surface area contributed by atoms with Crippen molar-refractivity contribution in [3.8, 4) is 5.75 Å². The van der Waals surface area contributed by atoms with Crippen LogP contribution in [0.5, 0.6) is 5.75 Å². The van der Waals surface area contributed by atoms with Crippen LogP contribution in [0.15, 0.2) is 53.2 Å². The molecule has 26 heavy (non-hydrogen) atoms. The van der Waals surface area contributed by atoms with E-state index in [0.717, 1.165) is 12.1 Å². The highest BCUT2D eigenvalue weighted by Crippen LogP contribution is 2.34. The Balaban J connectivity index is 2.05. The summed E-state index contributed by atoms with van der Waals surface area (Å²) in [7, 11) is 1.42. The third kappa shape index (κ3) is 3.57. The fraction of sp³-hybridized carbons (Fsp3) is 0.111. The lowest BCUT2D eigenvalue weighted by molar-refractivity contribution is -0.137. The van der Waals surface area contributed by atoms with Crippen LogP contribution in [0, 0.1) is 0 Å². The first-order valence-corrected chi connectivity index (χ1v) is 7.70. The summed E-state index contributed by atoms with van der Waals surface area (Å²) >= 11 is 5.94. The minimum absolute atomic E-state index is 0.0925. The molecule has 1 aliphatic heterocycles. The number of benzene rings is 2. The Labute approximate surface area is 151 Å². The normalized spacial score (nSPS) is 15.8. The average Bonchev–Trinajstić information content (AvgIpc) is 2.95. The van der Waals surface area contributed by atoms with Crippen molar-refractivity contribution in [2.45, 2.75) is 6.18 Å². The van der Waals surface area contributed by atoms with E-state index in [0.29, 0.717) is 16.3 Å². The van der Waals surface area contributed by atoms with E-state index >= 15 is 0 Å². The topological polar surface area (TPSA) is 47.9 Å². The first-order chi connectivity index (χ1) is 12.3. The summed E-state index contributed by atoms with van der Waals surface area (Å²) in [6.45, 7) is 0. The van der Waals surface area contributed by atoms with E-state index in [1.165, 1.54) is 31.4 Å². The van der Waals surface area contributed by atoms with E-state index < -0.39 is 17.7 Å². The minimum atomic E-state index is -4.56. The molecule has 0 atom stereocenters. The second-order valence-electron chi connectivity index (χ2n) is 5.27. The molecule has 134 valence electrons. The van der Waals surface area contributed by atoms with Crippen LogP contribution in [0.2, 0.25) is 5.02 Å².